The van der Waals surface area contributed by atoms with Crippen molar-refractivity contribution >= 4 is 40.5 Å². The van der Waals surface area contributed by atoms with Gasteiger partial charge >= 0.3 is 3.98 Å². The fraction of sp³-hybridized carbons (Fsp3) is 0.143. The Morgan fingerprint density at radius 2 is 2.00 bits per heavy atom. The van der Waals surface area contributed by atoms with Crippen LogP contribution in [0.1, 0.15) is 0 Å². The van der Waals surface area contributed by atoms with Gasteiger partial charge in [-0.3, -0.25) is 10.1 Å². The van der Waals surface area contributed by atoms with Crippen LogP contribution >= 0.6 is 34.8 Å². The first-order chi connectivity index (χ1) is 6.79. The highest BCUT2D eigenvalue weighted by molar-refractivity contribution is 6.66. The van der Waals surface area contributed by atoms with Crippen molar-refractivity contribution in [2.24, 2.45) is 0 Å². The number of hydrogen-bond donors (Lipinski definition) is 0. The summed E-state index contributed by atoms with van der Waals surface area (Å²) in [5.74, 6) is -1.35. The van der Waals surface area contributed by atoms with Gasteiger partial charge in [-0.2, -0.15) is 0 Å². The second-order valence-corrected chi connectivity index (χ2v) is 4.60. The van der Waals surface area contributed by atoms with Gasteiger partial charge in [0.2, 0.25) is 0 Å². The van der Waals surface area contributed by atoms with Crippen LogP contribution in [0.3, 0.4) is 0 Å². The summed E-state index contributed by atoms with van der Waals surface area (Å²) >= 11 is 15.7. The van der Waals surface area contributed by atoms with E-state index in [1.165, 1.54) is 0 Å². The topological polar surface area (TPSA) is 52.4 Å². The van der Waals surface area contributed by atoms with E-state index in [0.29, 0.717) is 0 Å². The van der Waals surface area contributed by atoms with Gasteiger partial charge in [0.1, 0.15) is 0 Å². The lowest BCUT2D eigenvalue weighted by molar-refractivity contribution is -0.385. The summed E-state index contributed by atoms with van der Waals surface area (Å²) in [6, 6.07) is 2.65. The molecule has 1 aromatic rings. The lowest BCUT2D eigenvalue weighted by atomic mass is 10.3. The number of hydrogen-bond acceptors (Lipinski definition) is 3. The maximum Gasteiger partial charge on any atom is 0.338 e. The Morgan fingerprint density at radius 1 is 1.40 bits per heavy atom. The normalized spacial score (nSPS) is 11.2. The van der Waals surface area contributed by atoms with E-state index in [9.17, 15) is 14.5 Å². The van der Waals surface area contributed by atoms with Gasteiger partial charge in [-0.05, 0) is 40.9 Å². The van der Waals surface area contributed by atoms with E-state index in [2.05, 4.69) is 4.74 Å². The predicted octanol–water partition coefficient (Wildman–Crippen LogP) is 3.44. The van der Waals surface area contributed by atoms with Crippen molar-refractivity contribution in [2.75, 3.05) is 0 Å². The molecular formula is C7H3Cl3FNO3. The average molecular weight is 274 g/mol. The minimum atomic E-state index is -2.17. The van der Waals surface area contributed by atoms with Crippen LogP contribution in [0.2, 0.25) is 0 Å². The number of alkyl halides is 3. The van der Waals surface area contributed by atoms with E-state index in [-0.39, 0.29) is 5.69 Å². The lowest BCUT2D eigenvalue weighted by Crippen LogP contribution is -2.13. The van der Waals surface area contributed by atoms with Gasteiger partial charge in [-0.15, -0.1) is 0 Å². The van der Waals surface area contributed by atoms with E-state index >= 15 is 0 Å². The Morgan fingerprint density at radius 3 is 2.47 bits per heavy atom. The highest BCUT2D eigenvalue weighted by Crippen LogP contribution is 2.33. The number of rotatable bonds is 2. The smallest absolute Gasteiger partial charge is 0.338 e. The third-order valence-corrected chi connectivity index (χ3v) is 1.58. The molecule has 0 aliphatic carbocycles. The molecule has 0 saturated carbocycles. The number of nitrogens with zero attached hydrogens (tertiary/aromatic N) is 1. The third-order valence-electron chi connectivity index (χ3n) is 1.35. The molecule has 0 N–H and O–H groups in total. The molecule has 0 saturated heterocycles. The minimum absolute atomic E-state index is 0.361. The molecule has 0 aliphatic rings. The number of ether oxygens (including phenoxy) is 1. The molecule has 4 nitrogen and oxygen atoms in total. The molecule has 1 rings (SSSR count). The maximum absolute atomic E-state index is 13.0. The van der Waals surface area contributed by atoms with E-state index in [1.807, 2.05) is 0 Å². The van der Waals surface area contributed by atoms with E-state index < -0.39 is 20.5 Å². The average Bonchev–Trinajstić information content (AvgIpc) is 2.06. The van der Waals surface area contributed by atoms with Crippen LogP contribution in [0.15, 0.2) is 18.2 Å². The zero-order valence-electron chi connectivity index (χ0n) is 6.92. The maximum atomic E-state index is 13.0. The van der Waals surface area contributed by atoms with Crippen LogP contribution in [0.25, 0.3) is 0 Å². The van der Waals surface area contributed by atoms with Crippen molar-refractivity contribution in [1.29, 1.82) is 0 Å². The van der Waals surface area contributed by atoms with Crippen molar-refractivity contribution in [3.63, 3.8) is 0 Å². The summed E-state index contributed by atoms with van der Waals surface area (Å²) in [5, 5.41) is 10.4. The SMILES string of the molecule is O=[N+]([O-])c1ccc(F)c(OC(Cl)(Cl)Cl)c1. The number of nitro groups is 1. The zero-order chi connectivity index (χ0) is 11.6. The van der Waals surface area contributed by atoms with Crippen molar-refractivity contribution < 1.29 is 14.1 Å². The van der Waals surface area contributed by atoms with Gasteiger partial charge in [0.15, 0.2) is 11.6 Å². The zero-order valence-corrected chi connectivity index (χ0v) is 9.18. The summed E-state index contributed by atoms with van der Waals surface area (Å²) in [5.41, 5.74) is -0.361. The van der Waals surface area contributed by atoms with Gasteiger partial charge in [0.25, 0.3) is 5.69 Å². The van der Waals surface area contributed by atoms with Crippen molar-refractivity contribution in [2.45, 2.75) is 3.98 Å². The summed E-state index contributed by atoms with van der Waals surface area (Å²) in [4.78, 5) is 9.64. The van der Waals surface area contributed by atoms with Crippen LogP contribution in [-0.2, 0) is 0 Å². The van der Waals surface area contributed by atoms with Gasteiger partial charge in [-0.25, -0.2) is 4.39 Å². The molecule has 8 heteroatoms. The van der Waals surface area contributed by atoms with Crippen LogP contribution in [0, 0.1) is 15.9 Å². The molecule has 0 bridgehead atoms. The Bertz CT molecular complexity index is 394. The van der Waals surface area contributed by atoms with E-state index in [1.54, 1.807) is 0 Å². The first kappa shape index (κ1) is 12.3. The number of non-ortho nitro benzene ring substituents is 1. The van der Waals surface area contributed by atoms with Crippen molar-refractivity contribution in [1.82, 2.24) is 0 Å². The summed E-state index contributed by atoms with van der Waals surface area (Å²) in [7, 11) is 0. The standard InChI is InChI=1S/C7H3Cl3FNO3/c8-7(9,10)15-6-3-4(12(13)14)1-2-5(6)11/h1-3H. The van der Waals surface area contributed by atoms with Gasteiger partial charge < -0.3 is 4.74 Å². The molecule has 0 heterocycles. The molecule has 0 aliphatic heterocycles. The molecule has 0 spiro atoms. The largest absolute Gasteiger partial charge is 0.442 e. The van der Waals surface area contributed by atoms with Crippen molar-refractivity contribution in [3.05, 3.63) is 34.1 Å². The van der Waals surface area contributed by atoms with Gasteiger partial charge in [0.05, 0.1) is 11.0 Å². The van der Waals surface area contributed by atoms with Crippen LogP contribution in [-0.4, -0.2) is 8.90 Å². The molecule has 0 aromatic heterocycles. The molecule has 0 radical (unpaired) electrons. The minimum Gasteiger partial charge on any atom is -0.442 e. The third kappa shape index (κ3) is 3.70. The number of nitro benzene ring substituents is 1. The summed E-state index contributed by atoms with van der Waals surface area (Å²) in [6.07, 6.45) is 0. The Hall–Kier alpha value is -0.780. The molecule has 0 atom stereocenters. The lowest BCUT2D eigenvalue weighted by Gasteiger charge is -2.13. The molecular weight excluding hydrogens is 271 g/mol. The van der Waals surface area contributed by atoms with E-state index in [4.69, 9.17) is 34.8 Å². The van der Waals surface area contributed by atoms with Crippen LogP contribution < -0.4 is 4.74 Å². The highest BCUT2D eigenvalue weighted by atomic mass is 35.6. The first-order valence-corrected chi connectivity index (χ1v) is 4.62. The first-order valence-electron chi connectivity index (χ1n) is 3.49. The highest BCUT2D eigenvalue weighted by Gasteiger charge is 2.25. The molecule has 15 heavy (non-hydrogen) atoms. The molecule has 0 amide bonds. The summed E-state index contributed by atoms with van der Waals surface area (Å²) in [6.45, 7) is 0. The number of benzene rings is 1. The Labute approximate surface area is 98.6 Å². The van der Waals surface area contributed by atoms with Crippen LogP contribution in [0.5, 0.6) is 5.75 Å². The quantitative estimate of drug-likeness (QED) is 0.471. The molecule has 0 unspecified atom stereocenters. The fourth-order valence-corrected chi connectivity index (χ4v) is 1.06. The summed E-state index contributed by atoms with van der Waals surface area (Å²) < 4.78 is 15.4. The van der Waals surface area contributed by atoms with Gasteiger partial charge in [0, 0.05) is 6.07 Å². The number of halogens is 4. The second-order valence-electron chi connectivity index (χ2n) is 2.42. The Balaban J connectivity index is 3.06. The predicted molar refractivity (Wildman–Crippen MR) is 54.0 cm³/mol. The van der Waals surface area contributed by atoms with E-state index in [0.717, 1.165) is 18.2 Å². The fourth-order valence-electron chi connectivity index (χ4n) is 0.809. The Kier molecular flexibility index (Phi) is 3.59. The van der Waals surface area contributed by atoms with Gasteiger partial charge in [-0.1, -0.05) is 0 Å². The monoisotopic (exact) mass is 273 g/mol. The second kappa shape index (κ2) is 4.38. The molecule has 1 aromatic carbocycles. The van der Waals surface area contributed by atoms with Crippen molar-refractivity contribution in [3.8, 4) is 5.75 Å². The van der Waals surface area contributed by atoms with Crippen LogP contribution in [0.4, 0.5) is 10.1 Å². The molecule has 82 valence electrons. The molecule has 0 fully saturated rings.